The Morgan fingerprint density at radius 1 is 1.03 bits per heavy atom. The van der Waals surface area contributed by atoms with E-state index < -0.39 is 0 Å². The number of rotatable bonds is 5. The van der Waals surface area contributed by atoms with Crippen LogP contribution in [0, 0.1) is 11.3 Å². The third-order valence-electron chi connectivity index (χ3n) is 5.77. The molecule has 2 aromatic carbocycles. The van der Waals surface area contributed by atoms with Crippen molar-refractivity contribution in [2.75, 3.05) is 5.32 Å². The van der Waals surface area contributed by atoms with Crippen molar-refractivity contribution in [2.45, 2.75) is 31.7 Å². The van der Waals surface area contributed by atoms with Crippen molar-refractivity contribution in [1.29, 1.82) is 5.26 Å². The first kappa shape index (κ1) is 19.8. The molecule has 5 rings (SSSR count). The van der Waals surface area contributed by atoms with E-state index in [9.17, 15) is 10.1 Å². The summed E-state index contributed by atoms with van der Waals surface area (Å²) < 4.78 is 1.69. The fourth-order valence-corrected chi connectivity index (χ4v) is 4.10. The smallest absolute Gasteiger partial charge is 0.251 e. The topological polar surface area (TPSA) is 95.1 Å². The Morgan fingerprint density at radius 2 is 1.88 bits per heavy atom. The number of carbonyl (C=O) groups excluding carboxylic acids is 1. The van der Waals surface area contributed by atoms with Crippen LogP contribution in [-0.2, 0) is 0 Å². The number of hydrogen-bond donors (Lipinski definition) is 2. The molecule has 0 spiro atoms. The molecule has 2 N–H and O–H groups in total. The van der Waals surface area contributed by atoms with Gasteiger partial charge in [-0.05, 0) is 54.8 Å². The van der Waals surface area contributed by atoms with Crippen LogP contribution in [0.3, 0.4) is 0 Å². The number of fused-ring (bicyclic) bond motifs is 1. The zero-order valence-corrected chi connectivity index (χ0v) is 17.5. The number of para-hydroxylation sites is 1. The predicted octanol–water partition coefficient (Wildman–Crippen LogP) is 4.68. The molecule has 0 saturated heterocycles. The summed E-state index contributed by atoms with van der Waals surface area (Å²) in [6, 6.07) is 21.2. The standard InChI is InChI=1S/C25H22N6O/c26-15-19-6-1-4-11-22(19)28-25-29-23-13-12-20(16-31(23)30-25)17-7-5-8-18(14-17)24(32)27-21-9-2-3-10-21/h1,4-8,11-14,16,21H,2-3,9-10H2,(H,27,32)(H,28,30). The molecule has 1 fully saturated rings. The minimum Gasteiger partial charge on any atom is -0.349 e. The molecule has 1 saturated carbocycles. The van der Waals surface area contributed by atoms with Crippen LogP contribution in [0.15, 0.2) is 66.9 Å². The molecule has 2 heterocycles. The number of hydrogen-bond acceptors (Lipinski definition) is 5. The molecule has 0 bridgehead atoms. The number of carbonyl (C=O) groups is 1. The van der Waals surface area contributed by atoms with Gasteiger partial charge in [-0.15, -0.1) is 5.10 Å². The van der Waals surface area contributed by atoms with Crippen LogP contribution in [0.2, 0.25) is 0 Å². The summed E-state index contributed by atoms with van der Waals surface area (Å²) >= 11 is 0. The van der Waals surface area contributed by atoms with Crippen LogP contribution < -0.4 is 10.6 Å². The Labute approximate surface area is 185 Å². The van der Waals surface area contributed by atoms with Crippen molar-refractivity contribution in [3.8, 4) is 17.2 Å². The van der Waals surface area contributed by atoms with Crippen molar-refractivity contribution in [2.24, 2.45) is 0 Å². The lowest BCUT2D eigenvalue weighted by Gasteiger charge is -2.12. The van der Waals surface area contributed by atoms with E-state index in [2.05, 4.69) is 26.8 Å². The Hall–Kier alpha value is -4.18. The van der Waals surface area contributed by atoms with E-state index in [0.29, 0.717) is 28.4 Å². The molecule has 1 aliphatic rings. The van der Waals surface area contributed by atoms with E-state index in [0.717, 1.165) is 24.0 Å². The summed E-state index contributed by atoms with van der Waals surface area (Å²) in [5.41, 5.74) is 4.39. The highest BCUT2D eigenvalue weighted by molar-refractivity contribution is 5.95. The summed E-state index contributed by atoms with van der Waals surface area (Å²) in [7, 11) is 0. The second-order valence-electron chi connectivity index (χ2n) is 7.97. The van der Waals surface area contributed by atoms with E-state index in [4.69, 9.17) is 0 Å². The van der Waals surface area contributed by atoms with Crippen LogP contribution in [0.1, 0.15) is 41.6 Å². The van der Waals surface area contributed by atoms with Gasteiger partial charge in [0, 0.05) is 23.4 Å². The average molecular weight is 422 g/mol. The highest BCUT2D eigenvalue weighted by atomic mass is 16.1. The highest BCUT2D eigenvalue weighted by Crippen LogP contribution is 2.24. The van der Waals surface area contributed by atoms with Crippen LogP contribution in [0.4, 0.5) is 11.6 Å². The molecular formula is C25H22N6O. The first-order valence-corrected chi connectivity index (χ1v) is 10.7. The van der Waals surface area contributed by atoms with Gasteiger partial charge in [0.1, 0.15) is 6.07 Å². The molecule has 0 unspecified atom stereocenters. The first-order valence-electron chi connectivity index (χ1n) is 10.7. The molecule has 4 aromatic rings. The number of nitriles is 1. The fraction of sp³-hybridized carbons (Fsp3) is 0.200. The number of nitrogens with zero attached hydrogens (tertiary/aromatic N) is 4. The van der Waals surface area contributed by atoms with E-state index >= 15 is 0 Å². The van der Waals surface area contributed by atoms with Gasteiger partial charge in [0.2, 0.25) is 5.95 Å². The van der Waals surface area contributed by atoms with Gasteiger partial charge in [0.25, 0.3) is 5.91 Å². The van der Waals surface area contributed by atoms with Crippen molar-refractivity contribution < 1.29 is 4.79 Å². The van der Waals surface area contributed by atoms with Gasteiger partial charge in [-0.2, -0.15) is 10.2 Å². The molecule has 0 atom stereocenters. The molecule has 2 aromatic heterocycles. The van der Waals surface area contributed by atoms with Crippen LogP contribution in [-0.4, -0.2) is 26.5 Å². The van der Waals surface area contributed by atoms with Crippen LogP contribution >= 0.6 is 0 Å². The SMILES string of the molecule is N#Cc1ccccc1Nc1nc2ccc(-c3cccc(C(=O)NC4CCCC4)c3)cn2n1. The van der Waals surface area contributed by atoms with Gasteiger partial charge in [-0.1, -0.05) is 37.1 Å². The minimum atomic E-state index is -0.0248. The Kier molecular flexibility index (Phi) is 5.26. The molecule has 1 aliphatic carbocycles. The first-order chi connectivity index (χ1) is 15.7. The maximum atomic E-state index is 12.7. The largest absolute Gasteiger partial charge is 0.349 e. The van der Waals surface area contributed by atoms with Crippen molar-refractivity contribution >= 4 is 23.2 Å². The zero-order valence-electron chi connectivity index (χ0n) is 17.5. The zero-order chi connectivity index (χ0) is 21.9. The number of amides is 1. The monoisotopic (exact) mass is 422 g/mol. The lowest BCUT2D eigenvalue weighted by molar-refractivity contribution is 0.0938. The summed E-state index contributed by atoms with van der Waals surface area (Å²) in [5, 5.41) is 20.0. The van der Waals surface area contributed by atoms with Gasteiger partial charge < -0.3 is 10.6 Å². The summed E-state index contributed by atoms with van der Waals surface area (Å²) in [6.45, 7) is 0. The number of benzene rings is 2. The van der Waals surface area contributed by atoms with Gasteiger partial charge >= 0.3 is 0 Å². The maximum absolute atomic E-state index is 12.7. The third-order valence-corrected chi connectivity index (χ3v) is 5.77. The highest BCUT2D eigenvalue weighted by Gasteiger charge is 2.18. The van der Waals surface area contributed by atoms with Crippen LogP contribution in [0.25, 0.3) is 16.8 Å². The molecule has 0 aliphatic heterocycles. The van der Waals surface area contributed by atoms with Gasteiger partial charge in [0.05, 0.1) is 11.3 Å². The second kappa shape index (κ2) is 8.52. The number of pyridine rings is 1. The lowest BCUT2D eigenvalue weighted by Crippen LogP contribution is -2.32. The Balaban J connectivity index is 1.39. The van der Waals surface area contributed by atoms with Crippen molar-refractivity contribution in [3.05, 3.63) is 78.0 Å². The number of nitrogens with one attached hydrogen (secondary N) is 2. The summed E-state index contributed by atoms with van der Waals surface area (Å²) in [5.74, 6) is 0.387. The third kappa shape index (κ3) is 4.03. The summed E-state index contributed by atoms with van der Waals surface area (Å²) in [6.07, 6.45) is 6.37. The van der Waals surface area contributed by atoms with E-state index in [1.807, 2.05) is 60.8 Å². The second-order valence-corrected chi connectivity index (χ2v) is 7.97. The maximum Gasteiger partial charge on any atom is 0.251 e. The quantitative estimate of drug-likeness (QED) is 0.487. The Morgan fingerprint density at radius 3 is 2.72 bits per heavy atom. The Bertz CT molecular complexity index is 1330. The minimum absolute atomic E-state index is 0.0248. The predicted molar refractivity (Wildman–Crippen MR) is 123 cm³/mol. The van der Waals surface area contributed by atoms with Gasteiger partial charge in [-0.3, -0.25) is 4.79 Å². The lowest BCUT2D eigenvalue weighted by atomic mass is 10.0. The average Bonchev–Trinajstić information content (AvgIpc) is 3.48. The van der Waals surface area contributed by atoms with Crippen molar-refractivity contribution in [1.82, 2.24) is 19.9 Å². The number of anilines is 2. The molecule has 7 nitrogen and oxygen atoms in total. The fourth-order valence-electron chi connectivity index (χ4n) is 4.10. The van der Waals surface area contributed by atoms with Gasteiger partial charge in [0.15, 0.2) is 5.65 Å². The molecule has 158 valence electrons. The van der Waals surface area contributed by atoms with E-state index in [-0.39, 0.29) is 11.9 Å². The van der Waals surface area contributed by atoms with Gasteiger partial charge in [-0.25, -0.2) is 4.52 Å². The molecule has 1 amide bonds. The van der Waals surface area contributed by atoms with Crippen LogP contribution in [0.5, 0.6) is 0 Å². The van der Waals surface area contributed by atoms with Crippen molar-refractivity contribution in [3.63, 3.8) is 0 Å². The summed E-state index contributed by atoms with van der Waals surface area (Å²) in [4.78, 5) is 17.1. The molecule has 7 heteroatoms. The normalized spacial score (nSPS) is 13.7. The molecule has 0 radical (unpaired) electrons. The van der Waals surface area contributed by atoms with E-state index in [1.165, 1.54) is 12.8 Å². The molecule has 32 heavy (non-hydrogen) atoms. The van der Waals surface area contributed by atoms with E-state index in [1.54, 1.807) is 10.6 Å². The molecular weight excluding hydrogens is 400 g/mol. The number of aromatic nitrogens is 3.